The van der Waals surface area contributed by atoms with Gasteiger partial charge in [-0.3, -0.25) is 0 Å². The normalized spacial score (nSPS) is 15.5. The van der Waals surface area contributed by atoms with Gasteiger partial charge in [-0.05, 0) is 23.7 Å². The minimum Gasteiger partial charge on any atom is -0.477 e. The summed E-state index contributed by atoms with van der Waals surface area (Å²) in [5.41, 5.74) is -0.288. The van der Waals surface area contributed by atoms with Gasteiger partial charge in [-0.25, -0.2) is 9.59 Å². The Morgan fingerprint density at radius 1 is 1.20 bits per heavy atom. The quantitative estimate of drug-likeness (QED) is 0.349. The molecular weight excluding hydrogens is 236 g/mol. The van der Waals surface area contributed by atoms with Crippen molar-refractivity contribution in [1.29, 1.82) is 0 Å². The summed E-state index contributed by atoms with van der Waals surface area (Å²) in [6.45, 7) is 3.77. The Morgan fingerprint density at radius 3 is 2.00 bits per heavy atom. The number of thioether (sulfide) groups is 2. The lowest BCUT2D eigenvalue weighted by Gasteiger charge is -2.03. The molecule has 0 fully saturated rings. The fourth-order valence-corrected chi connectivity index (χ4v) is 3.46. The van der Waals surface area contributed by atoms with Crippen molar-refractivity contribution in [2.24, 2.45) is 0 Å². The van der Waals surface area contributed by atoms with Crippen molar-refractivity contribution < 1.29 is 19.4 Å². The van der Waals surface area contributed by atoms with E-state index in [-0.39, 0.29) is 5.57 Å². The summed E-state index contributed by atoms with van der Waals surface area (Å²) in [6.07, 6.45) is 0. The summed E-state index contributed by atoms with van der Waals surface area (Å²) in [6, 6.07) is 0. The third-order valence-corrected chi connectivity index (χ3v) is 4.43. The maximum atomic E-state index is 11.2. The third kappa shape index (κ3) is 2.57. The molecule has 0 unspecified atom stereocenters. The minimum atomic E-state index is -1.25. The first kappa shape index (κ1) is 12.2. The number of rotatable bonds is 2. The van der Waals surface area contributed by atoms with Gasteiger partial charge in [0, 0.05) is 0 Å². The number of aliphatic carboxylic acids is 1. The Hall–Kier alpha value is -0.880. The number of carboxylic acids is 1. The van der Waals surface area contributed by atoms with E-state index in [9.17, 15) is 9.59 Å². The molecule has 0 aromatic carbocycles. The lowest BCUT2D eigenvalue weighted by Crippen LogP contribution is -2.14. The van der Waals surface area contributed by atoms with Crippen molar-refractivity contribution in [2.45, 2.75) is 13.8 Å². The van der Waals surface area contributed by atoms with E-state index >= 15 is 0 Å². The standard InChI is InChI=1S/C9H10O4S2/c1-4-5(2)15-9(14-4)6(7(10)11)8(12)13-3/h1-3H3,(H,10,11). The van der Waals surface area contributed by atoms with Gasteiger partial charge in [0.15, 0.2) is 5.57 Å². The SMILES string of the molecule is COC(=O)C(C(=O)O)=C1SC(C)=C(C)S1. The summed E-state index contributed by atoms with van der Waals surface area (Å²) in [7, 11) is 1.17. The lowest BCUT2D eigenvalue weighted by atomic mass is 10.3. The highest BCUT2D eigenvalue weighted by atomic mass is 32.2. The predicted molar refractivity (Wildman–Crippen MR) is 60.2 cm³/mol. The molecule has 0 radical (unpaired) electrons. The summed E-state index contributed by atoms with van der Waals surface area (Å²) in [5.74, 6) is -2.06. The van der Waals surface area contributed by atoms with Crippen LogP contribution < -0.4 is 0 Å². The number of ether oxygens (including phenoxy) is 1. The number of esters is 1. The van der Waals surface area contributed by atoms with E-state index in [1.54, 1.807) is 0 Å². The zero-order valence-electron chi connectivity index (χ0n) is 8.49. The van der Waals surface area contributed by atoms with Crippen LogP contribution in [0.1, 0.15) is 13.8 Å². The molecule has 0 aromatic heterocycles. The maximum absolute atomic E-state index is 11.2. The van der Waals surface area contributed by atoms with Crippen LogP contribution in [0.5, 0.6) is 0 Å². The second-order valence-corrected chi connectivity index (χ2v) is 5.48. The van der Waals surface area contributed by atoms with Crippen LogP contribution >= 0.6 is 23.5 Å². The number of carboxylic acid groups (broad SMARTS) is 1. The summed E-state index contributed by atoms with van der Waals surface area (Å²) < 4.78 is 4.91. The molecule has 0 atom stereocenters. The first-order chi connectivity index (χ1) is 6.97. The van der Waals surface area contributed by atoms with E-state index in [1.807, 2.05) is 13.8 Å². The van der Waals surface area contributed by atoms with E-state index in [4.69, 9.17) is 5.11 Å². The number of carbonyl (C=O) groups is 2. The minimum absolute atomic E-state index is 0.288. The van der Waals surface area contributed by atoms with E-state index in [0.717, 1.165) is 9.81 Å². The monoisotopic (exact) mass is 246 g/mol. The molecule has 6 heteroatoms. The molecule has 0 spiro atoms. The lowest BCUT2D eigenvalue weighted by molar-refractivity contribution is -0.142. The van der Waals surface area contributed by atoms with E-state index in [0.29, 0.717) is 4.24 Å². The maximum Gasteiger partial charge on any atom is 0.347 e. The summed E-state index contributed by atoms with van der Waals surface area (Å²) in [5, 5.41) is 8.90. The molecule has 1 N–H and O–H groups in total. The van der Waals surface area contributed by atoms with Crippen LogP contribution in [0.3, 0.4) is 0 Å². The zero-order valence-corrected chi connectivity index (χ0v) is 10.1. The fraction of sp³-hybridized carbons (Fsp3) is 0.333. The molecule has 1 aliphatic heterocycles. The highest BCUT2D eigenvalue weighted by molar-refractivity contribution is 8.28. The van der Waals surface area contributed by atoms with Crippen LogP contribution in [0.4, 0.5) is 0 Å². The van der Waals surface area contributed by atoms with Gasteiger partial charge in [-0.2, -0.15) is 0 Å². The van der Waals surface area contributed by atoms with E-state index in [1.165, 1.54) is 30.6 Å². The number of methoxy groups -OCH3 is 1. The van der Waals surface area contributed by atoms with Gasteiger partial charge < -0.3 is 9.84 Å². The van der Waals surface area contributed by atoms with Crippen molar-refractivity contribution in [3.63, 3.8) is 0 Å². The molecular formula is C9H10O4S2. The van der Waals surface area contributed by atoms with Crippen LogP contribution in [0.25, 0.3) is 0 Å². The molecule has 0 amide bonds. The number of allylic oxidation sites excluding steroid dienone is 2. The van der Waals surface area contributed by atoms with Gasteiger partial charge in [0.2, 0.25) is 0 Å². The first-order valence-electron chi connectivity index (χ1n) is 4.06. The highest BCUT2D eigenvalue weighted by Crippen LogP contribution is 2.50. The fourth-order valence-electron chi connectivity index (χ4n) is 0.905. The van der Waals surface area contributed by atoms with Gasteiger partial charge in [-0.15, -0.1) is 0 Å². The smallest absolute Gasteiger partial charge is 0.347 e. The van der Waals surface area contributed by atoms with Crippen molar-refractivity contribution in [1.82, 2.24) is 0 Å². The van der Waals surface area contributed by atoms with Crippen LogP contribution in [0, 0.1) is 0 Å². The molecule has 0 saturated carbocycles. The van der Waals surface area contributed by atoms with Crippen LogP contribution in [0.2, 0.25) is 0 Å². The van der Waals surface area contributed by atoms with Gasteiger partial charge in [0.05, 0.1) is 11.3 Å². The van der Waals surface area contributed by atoms with Crippen LogP contribution in [-0.2, 0) is 14.3 Å². The van der Waals surface area contributed by atoms with Crippen LogP contribution in [0.15, 0.2) is 19.6 Å². The average molecular weight is 246 g/mol. The summed E-state index contributed by atoms with van der Waals surface area (Å²) >= 11 is 2.59. The third-order valence-electron chi connectivity index (χ3n) is 1.79. The van der Waals surface area contributed by atoms with Gasteiger partial charge in [0.1, 0.15) is 0 Å². The molecule has 1 heterocycles. The van der Waals surface area contributed by atoms with Gasteiger partial charge in [-0.1, -0.05) is 23.5 Å². The Labute approximate surface area is 95.8 Å². The van der Waals surface area contributed by atoms with Crippen molar-refractivity contribution in [3.05, 3.63) is 19.6 Å². The molecule has 1 aliphatic rings. The molecule has 4 nitrogen and oxygen atoms in total. The van der Waals surface area contributed by atoms with Crippen LogP contribution in [-0.4, -0.2) is 24.2 Å². The summed E-state index contributed by atoms with van der Waals surface area (Å²) in [4.78, 5) is 24.2. The van der Waals surface area contributed by atoms with E-state index < -0.39 is 11.9 Å². The Kier molecular flexibility index (Phi) is 3.87. The number of carbonyl (C=O) groups excluding carboxylic acids is 1. The molecule has 1 rings (SSSR count). The van der Waals surface area contributed by atoms with Crippen molar-refractivity contribution in [3.8, 4) is 0 Å². The topological polar surface area (TPSA) is 63.6 Å². The molecule has 0 aromatic rings. The second kappa shape index (κ2) is 4.76. The highest BCUT2D eigenvalue weighted by Gasteiger charge is 2.28. The molecule has 82 valence electrons. The first-order valence-corrected chi connectivity index (χ1v) is 5.69. The molecule has 0 aliphatic carbocycles. The van der Waals surface area contributed by atoms with E-state index in [2.05, 4.69) is 4.74 Å². The number of hydrogen-bond donors (Lipinski definition) is 1. The Morgan fingerprint density at radius 2 is 1.67 bits per heavy atom. The van der Waals surface area contributed by atoms with Crippen molar-refractivity contribution >= 4 is 35.5 Å². The molecule has 15 heavy (non-hydrogen) atoms. The average Bonchev–Trinajstić information content (AvgIpc) is 2.46. The largest absolute Gasteiger partial charge is 0.477 e. The number of hydrogen-bond acceptors (Lipinski definition) is 5. The second-order valence-electron chi connectivity index (χ2n) is 2.78. The van der Waals surface area contributed by atoms with Gasteiger partial charge >= 0.3 is 11.9 Å². The van der Waals surface area contributed by atoms with Crippen molar-refractivity contribution in [2.75, 3.05) is 7.11 Å². The zero-order chi connectivity index (χ0) is 11.6. The Bertz CT molecular complexity index is 366. The Balaban J connectivity index is 3.07. The van der Waals surface area contributed by atoms with Gasteiger partial charge in [0.25, 0.3) is 0 Å². The molecule has 0 bridgehead atoms. The molecule has 0 saturated heterocycles. The predicted octanol–water partition coefficient (Wildman–Crippen LogP) is 2.19.